The van der Waals surface area contributed by atoms with Crippen molar-refractivity contribution in [1.29, 1.82) is 0 Å². The summed E-state index contributed by atoms with van der Waals surface area (Å²) in [6.45, 7) is 1.86. The Labute approximate surface area is 318 Å². The van der Waals surface area contributed by atoms with Gasteiger partial charge in [-0.2, -0.15) is 39.5 Å². The minimum absolute atomic E-state index is 0. The zero-order valence-electron chi connectivity index (χ0n) is 30.1. The molecule has 0 atom stereocenters. The van der Waals surface area contributed by atoms with E-state index in [0.29, 0.717) is 23.0 Å². The molecule has 8 nitrogen and oxygen atoms in total. The third-order valence-corrected chi connectivity index (χ3v) is 9.68. The van der Waals surface area contributed by atoms with Gasteiger partial charge >= 0.3 is 24.5 Å². The highest BCUT2D eigenvalue weighted by Crippen LogP contribution is 2.60. The predicted octanol–water partition coefficient (Wildman–Crippen LogP) is 9.15. The Morgan fingerprint density at radius 1 is 0.696 bits per heavy atom. The fourth-order valence-corrected chi connectivity index (χ4v) is 5.83. The predicted molar refractivity (Wildman–Crippen MR) is 187 cm³/mol. The minimum Gasteiger partial charge on any atom is -0.478 e. The van der Waals surface area contributed by atoms with E-state index >= 15 is 0 Å². The summed E-state index contributed by atoms with van der Waals surface area (Å²) in [7, 11) is 0.889. The minimum atomic E-state index is -4.25. The summed E-state index contributed by atoms with van der Waals surface area (Å²) in [6.07, 6.45) is -8.60. The van der Waals surface area contributed by atoms with Crippen LogP contribution < -0.4 is 0 Å². The molecular weight excluding hydrogens is 764 g/mol. The summed E-state index contributed by atoms with van der Waals surface area (Å²) < 4.78 is 119. The van der Waals surface area contributed by atoms with E-state index in [9.17, 15) is 49.1 Å². The van der Waals surface area contributed by atoms with Crippen molar-refractivity contribution in [3.05, 3.63) is 116 Å². The fourth-order valence-electron chi connectivity index (χ4n) is 5.83. The smallest absolute Gasteiger partial charge is 0.398 e. The summed E-state index contributed by atoms with van der Waals surface area (Å²) >= 11 is 0. The largest absolute Gasteiger partial charge is 0.478 e. The van der Waals surface area contributed by atoms with Crippen LogP contribution in [0.2, 0.25) is 0 Å². The number of hydrogen-bond donors (Lipinski definition) is 2. The van der Waals surface area contributed by atoms with Crippen LogP contribution in [0.25, 0.3) is 0 Å². The number of benzene rings is 3. The lowest BCUT2D eigenvalue weighted by Crippen LogP contribution is -2.28. The van der Waals surface area contributed by atoms with Gasteiger partial charge in [-0.25, -0.2) is 4.79 Å². The van der Waals surface area contributed by atoms with Crippen molar-refractivity contribution < 1.29 is 69.0 Å². The van der Waals surface area contributed by atoms with Crippen LogP contribution in [0.15, 0.2) is 72.8 Å². The first kappa shape index (κ1) is 47.7. The Morgan fingerprint density at radius 3 is 1.21 bits per heavy atom. The molecule has 3 aromatic carbocycles. The molecule has 7 rings (SSSR count). The molecule has 2 N–H and O–H groups in total. The van der Waals surface area contributed by atoms with Crippen LogP contribution in [0.5, 0.6) is 0 Å². The van der Waals surface area contributed by atoms with E-state index in [1.54, 1.807) is 12.1 Å². The molecule has 0 aromatic heterocycles. The van der Waals surface area contributed by atoms with Crippen molar-refractivity contribution >= 4 is 20.7 Å². The molecule has 1 aliphatic heterocycles. The number of halogens is 9. The van der Waals surface area contributed by atoms with Crippen molar-refractivity contribution in [2.75, 3.05) is 20.3 Å². The summed E-state index contributed by atoms with van der Waals surface area (Å²) in [5.74, 6) is -1.14. The van der Waals surface area contributed by atoms with E-state index in [0.717, 1.165) is 20.3 Å². The van der Waals surface area contributed by atoms with Crippen LogP contribution >= 0.6 is 0 Å². The highest BCUT2D eigenvalue weighted by Gasteiger charge is 2.65. The number of carbonyl (C=O) groups excluding carboxylic acids is 1. The maximum Gasteiger partial charge on any atom is 0.398 e. The SMILES string of the molecule is C1CCOC1.C[N+](=O)[O-].O=C(O)c1ccc(C2(C(F)(F)F)CC2)cc1.O=Cc1ccc(C2(C(F)(F)F)CC2)cc1.OCc1ccc(C2(C(F)(F)F)CC2)cc1.[B]. The van der Waals surface area contributed by atoms with Gasteiger partial charge in [-0.1, -0.05) is 60.7 Å². The molecule has 0 unspecified atom stereocenters. The van der Waals surface area contributed by atoms with Crippen molar-refractivity contribution in [1.82, 2.24) is 0 Å². The number of nitrogens with zero attached hydrogens (tertiary/aromatic N) is 1. The van der Waals surface area contributed by atoms with Gasteiger partial charge in [0, 0.05) is 32.1 Å². The summed E-state index contributed by atoms with van der Waals surface area (Å²) in [5, 5.41) is 26.2. The first-order valence-corrected chi connectivity index (χ1v) is 17.0. The topological polar surface area (TPSA) is 127 Å². The Balaban J connectivity index is 0.000000259. The molecule has 1 saturated heterocycles. The van der Waals surface area contributed by atoms with Gasteiger partial charge in [-0.15, -0.1) is 0 Å². The number of nitro groups is 1. The Bertz CT molecular complexity index is 1700. The molecular formula is C38H40BF9NO7. The number of aromatic carboxylic acids is 1. The van der Waals surface area contributed by atoms with E-state index in [4.69, 9.17) is 25.1 Å². The third-order valence-electron chi connectivity index (χ3n) is 9.68. The quantitative estimate of drug-likeness (QED) is 0.0837. The number of ether oxygens (including phenoxy) is 1. The Hall–Kier alpha value is -4.45. The van der Waals surface area contributed by atoms with Gasteiger partial charge in [0.15, 0.2) is 7.05 Å². The van der Waals surface area contributed by atoms with Crippen molar-refractivity contribution in [2.24, 2.45) is 0 Å². The van der Waals surface area contributed by atoms with Gasteiger partial charge < -0.3 is 14.9 Å². The number of alkyl halides is 9. The number of rotatable bonds is 6. The molecule has 56 heavy (non-hydrogen) atoms. The highest BCUT2D eigenvalue weighted by atomic mass is 19.4. The molecule has 3 aliphatic carbocycles. The number of aliphatic hydroxyl groups is 1. The lowest BCUT2D eigenvalue weighted by Gasteiger charge is -2.19. The molecule has 18 heteroatoms. The molecule has 4 aliphatic rings. The van der Waals surface area contributed by atoms with Gasteiger partial charge in [0.25, 0.3) is 0 Å². The van der Waals surface area contributed by atoms with Gasteiger partial charge in [0.2, 0.25) is 0 Å². The maximum atomic E-state index is 12.7. The van der Waals surface area contributed by atoms with E-state index in [-0.39, 0.29) is 70.2 Å². The van der Waals surface area contributed by atoms with Crippen molar-refractivity contribution in [3.8, 4) is 0 Å². The fraction of sp³-hybridized carbons (Fsp3) is 0.474. The van der Waals surface area contributed by atoms with Crippen LogP contribution in [0.1, 0.15) is 94.3 Å². The summed E-state index contributed by atoms with van der Waals surface area (Å²) in [5.41, 5.74) is -3.22. The molecule has 3 aromatic rings. The molecule has 3 radical (unpaired) electrons. The average molecular weight is 805 g/mol. The van der Waals surface area contributed by atoms with Crippen LogP contribution in [0.4, 0.5) is 39.5 Å². The lowest BCUT2D eigenvalue weighted by atomic mass is 9.94. The van der Waals surface area contributed by atoms with Crippen LogP contribution in [0.3, 0.4) is 0 Å². The third kappa shape index (κ3) is 12.0. The average Bonchev–Trinajstić information content (AvgIpc) is 4.04. The molecule has 3 saturated carbocycles. The second kappa shape index (κ2) is 19.1. The molecule has 1 heterocycles. The zero-order valence-corrected chi connectivity index (χ0v) is 30.1. The monoisotopic (exact) mass is 804 g/mol. The van der Waals surface area contributed by atoms with Crippen molar-refractivity contribution in [3.63, 3.8) is 0 Å². The molecule has 0 amide bonds. The van der Waals surface area contributed by atoms with E-state index in [2.05, 4.69) is 0 Å². The number of aldehydes is 1. The van der Waals surface area contributed by atoms with Gasteiger partial charge in [0.05, 0.1) is 28.4 Å². The van der Waals surface area contributed by atoms with Gasteiger partial charge in [-0.05, 0) is 85.8 Å². The van der Waals surface area contributed by atoms with E-state index < -0.39 is 45.7 Å². The standard InChI is InChI=1S/C11H9F3O2.C11H11F3O.C11H9F3O.C4H8O.CH3NO2.B/c12-11(13,14)10(5-6-10)8-3-1-7(2-4-8)9(15)16;2*12-11(13,14)10(5-6-10)9-3-1-8(7-15)2-4-9;1-2-4-5-3-1;1-2(3)4;/h1-4H,5-6H2,(H,15,16);1-4,15H,5-7H2;1-4,7H,5-6H2;1-4H2;1H3;. The molecule has 0 spiro atoms. The maximum absolute atomic E-state index is 12.7. The number of hydrogen-bond acceptors (Lipinski definition) is 6. The zero-order chi connectivity index (χ0) is 41.3. The molecule has 4 fully saturated rings. The number of aliphatic hydroxyl groups excluding tert-OH is 1. The molecule has 0 bridgehead atoms. The first-order valence-electron chi connectivity index (χ1n) is 17.0. The van der Waals surface area contributed by atoms with Gasteiger partial charge in [0.1, 0.15) is 6.29 Å². The normalized spacial score (nSPS) is 17.8. The summed E-state index contributed by atoms with van der Waals surface area (Å²) in [4.78, 5) is 29.2. The van der Waals surface area contributed by atoms with E-state index in [1.165, 1.54) is 73.5 Å². The summed E-state index contributed by atoms with van der Waals surface area (Å²) in [6, 6.07) is 16.6. The Morgan fingerprint density at radius 2 is 1.00 bits per heavy atom. The second-order valence-electron chi connectivity index (χ2n) is 13.5. The van der Waals surface area contributed by atoms with E-state index in [1.807, 2.05) is 0 Å². The number of carbonyl (C=O) groups is 2. The first-order chi connectivity index (χ1) is 25.6. The highest BCUT2D eigenvalue weighted by molar-refractivity contribution is 5.87. The van der Waals surface area contributed by atoms with Crippen LogP contribution in [-0.4, -0.2) is 74.6 Å². The lowest BCUT2D eigenvalue weighted by molar-refractivity contribution is -0.445. The molecule has 305 valence electrons. The number of carboxylic acids is 1. The van der Waals surface area contributed by atoms with Crippen LogP contribution in [0, 0.1) is 10.1 Å². The van der Waals surface area contributed by atoms with Crippen LogP contribution in [-0.2, 0) is 27.6 Å². The Kier molecular flexibility index (Phi) is 16.3. The van der Waals surface area contributed by atoms with Gasteiger partial charge in [-0.3, -0.25) is 14.9 Å². The second-order valence-corrected chi connectivity index (χ2v) is 13.5. The van der Waals surface area contributed by atoms with Crippen molar-refractivity contribution in [2.45, 2.75) is 92.7 Å². The number of carboxylic acid groups (broad SMARTS) is 1.